The van der Waals surface area contributed by atoms with Crippen molar-refractivity contribution in [3.05, 3.63) is 54.2 Å². The topological polar surface area (TPSA) is 92.7 Å². The first kappa shape index (κ1) is 20.8. The Morgan fingerprint density at radius 2 is 1.89 bits per heavy atom. The number of hydrazone groups is 1. The molecule has 0 aliphatic rings. The van der Waals surface area contributed by atoms with Crippen LogP contribution in [0.2, 0.25) is 0 Å². The van der Waals surface area contributed by atoms with Crippen molar-refractivity contribution in [1.82, 2.24) is 15.7 Å². The summed E-state index contributed by atoms with van der Waals surface area (Å²) in [5.74, 6) is -0.425. The smallest absolute Gasteiger partial charge is 0.378 e. The molecule has 0 bridgehead atoms. The van der Waals surface area contributed by atoms with E-state index in [-0.39, 0.29) is 0 Å². The van der Waals surface area contributed by atoms with E-state index in [0.717, 1.165) is 16.8 Å². The van der Waals surface area contributed by atoms with E-state index in [1.54, 1.807) is 6.20 Å². The van der Waals surface area contributed by atoms with Gasteiger partial charge >= 0.3 is 6.09 Å². The minimum atomic E-state index is -0.788. The molecule has 2 aromatic rings. The number of carbonyl (C=O) groups is 2. The van der Waals surface area contributed by atoms with E-state index < -0.39 is 23.5 Å². The second-order valence-corrected chi connectivity index (χ2v) is 7.32. The van der Waals surface area contributed by atoms with Crippen LogP contribution in [0.25, 0.3) is 11.3 Å². The van der Waals surface area contributed by atoms with Gasteiger partial charge in [-0.25, -0.2) is 10.2 Å². The van der Waals surface area contributed by atoms with Gasteiger partial charge in [-0.1, -0.05) is 51.1 Å². The number of hydrogen-bond donors (Lipinski definition) is 2. The monoisotopic (exact) mass is 480 g/mol. The molecule has 0 fully saturated rings. The van der Waals surface area contributed by atoms with Crippen molar-refractivity contribution >= 4 is 41.2 Å². The summed E-state index contributed by atoms with van der Waals surface area (Å²) in [5, 5.41) is 6.50. The summed E-state index contributed by atoms with van der Waals surface area (Å²) < 4.78 is 4.54. The van der Waals surface area contributed by atoms with Crippen molar-refractivity contribution in [3.63, 3.8) is 0 Å². The van der Waals surface area contributed by atoms with Crippen LogP contribution in [0, 0.1) is 5.41 Å². The van der Waals surface area contributed by atoms with Crippen molar-refractivity contribution in [3.8, 4) is 11.3 Å². The first-order valence-corrected chi connectivity index (χ1v) is 9.13. The lowest BCUT2D eigenvalue weighted by molar-refractivity contribution is -0.125. The summed E-state index contributed by atoms with van der Waals surface area (Å²) in [6.07, 6.45) is 2.60. The second-order valence-electron chi connectivity index (χ2n) is 6.88. The Balaban J connectivity index is 2.00. The van der Waals surface area contributed by atoms with Gasteiger partial charge in [0.2, 0.25) is 0 Å². The molecule has 8 heteroatoms. The van der Waals surface area contributed by atoms with Gasteiger partial charge in [0, 0.05) is 11.8 Å². The molecule has 1 aromatic carbocycles. The zero-order chi connectivity index (χ0) is 19.9. The van der Waals surface area contributed by atoms with Gasteiger partial charge < -0.3 is 8.38 Å². The van der Waals surface area contributed by atoms with Crippen LogP contribution in [-0.2, 0) is 7.86 Å². The Morgan fingerprint density at radius 3 is 2.44 bits per heavy atom. The lowest BCUT2D eigenvalue weighted by atomic mass is 9.86. The largest absolute Gasteiger partial charge is 0.417 e. The predicted molar refractivity (Wildman–Crippen MR) is 112 cm³/mol. The SMILES string of the molecule is CC(C)(C)[C@H](NC(=O)OI)C(=O)N/N=C/c1ccc(-c2ccccn2)cc1. The molecular formula is C19H21IN4O3. The molecule has 2 amide bonds. The fourth-order valence-corrected chi connectivity index (χ4v) is 2.45. The van der Waals surface area contributed by atoms with E-state index in [4.69, 9.17) is 0 Å². The van der Waals surface area contributed by atoms with E-state index in [2.05, 4.69) is 23.9 Å². The quantitative estimate of drug-likeness (QED) is 0.388. The Kier molecular flexibility index (Phi) is 7.28. The van der Waals surface area contributed by atoms with Crippen LogP contribution in [0.4, 0.5) is 4.79 Å². The highest BCUT2D eigenvalue weighted by Crippen LogP contribution is 2.20. The molecule has 142 valence electrons. The van der Waals surface area contributed by atoms with Crippen LogP contribution in [-0.4, -0.2) is 29.2 Å². The van der Waals surface area contributed by atoms with Gasteiger partial charge in [-0.05, 0) is 23.1 Å². The van der Waals surface area contributed by atoms with Crippen molar-refractivity contribution in [2.24, 2.45) is 10.5 Å². The Labute approximate surface area is 172 Å². The van der Waals surface area contributed by atoms with Gasteiger partial charge in [-0.15, -0.1) is 0 Å². The average molecular weight is 480 g/mol. The molecule has 1 aromatic heterocycles. The van der Waals surface area contributed by atoms with Crippen LogP contribution in [0.5, 0.6) is 0 Å². The highest BCUT2D eigenvalue weighted by Gasteiger charge is 2.33. The Bertz CT molecular complexity index is 802. The minimum absolute atomic E-state index is 0.425. The molecular weight excluding hydrogens is 459 g/mol. The third-order valence-corrected chi connectivity index (χ3v) is 4.12. The molecule has 0 aliphatic carbocycles. The zero-order valence-corrected chi connectivity index (χ0v) is 17.4. The van der Waals surface area contributed by atoms with Crippen LogP contribution < -0.4 is 10.7 Å². The molecule has 1 heterocycles. The molecule has 0 spiro atoms. The van der Waals surface area contributed by atoms with E-state index in [0.29, 0.717) is 0 Å². The van der Waals surface area contributed by atoms with Crippen molar-refractivity contribution in [2.75, 3.05) is 0 Å². The van der Waals surface area contributed by atoms with Crippen LogP contribution in [0.1, 0.15) is 26.3 Å². The summed E-state index contributed by atoms with van der Waals surface area (Å²) in [6, 6.07) is 12.6. The number of carbonyl (C=O) groups excluding carboxylic acids is 2. The summed E-state index contributed by atoms with van der Waals surface area (Å²) in [5.41, 5.74) is 4.65. The van der Waals surface area contributed by atoms with E-state index in [1.165, 1.54) is 29.2 Å². The number of halogens is 1. The number of nitrogens with zero attached hydrogens (tertiary/aromatic N) is 2. The molecule has 0 unspecified atom stereocenters. The number of hydrogen-bond acceptors (Lipinski definition) is 5. The summed E-state index contributed by atoms with van der Waals surface area (Å²) in [4.78, 5) is 28.1. The lowest BCUT2D eigenvalue weighted by Gasteiger charge is -2.28. The van der Waals surface area contributed by atoms with E-state index >= 15 is 0 Å². The number of aromatic nitrogens is 1. The predicted octanol–water partition coefficient (Wildman–Crippen LogP) is 3.69. The lowest BCUT2D eigenvalue weighted by Crippen LogP contribution is -2.52. The molecule has 0 saturated carbocycles. The molecule has 27 heavy (non-hydrogen) atoms. The number of benzene rings is 1. The average Bonchev–Trinajstić information content (AvgIpc) is 2.66. The number of rotatable bonds is 5. The minimum Gasteiger partial charge on any atom is -0.378 e. The number of amides is 2. The fourth-order valence-electron chi connectivity index (χ4n) is 2.32. The second kappa shape index (κ2) is 9.45. The summed E-state index contributed by atoms with van der Waals surface area (Å²) >= 11 is 1.46. The normalized spacial score (nSPS) is 12.4. The fraction of sp³-hybridized carbons (Fsp3) is 0.263. The maximum atomic E-state index is 12.4. The van der Waals surface area contributed by atoms with Crippen LogP contribution >= 0.6 is 23.0 Å². The highest BCUT2D eigenvalue weighted by molar-refractivity contribution is 14.1. The van der Waals surface area contributed by atoms with Crippen molar-refractivity contribution in [2.45, 2.75) is 26.8 Å². The van der Waals surface area contributed by atoms with Gasteiger partial charge in [-0.3, -0.25) is 9.78 Å². The zero-order valence-electron chi connectivity index (χ0n) is 15.3. The molecule has 2 N–H and O–H groups in total. The number of pyridine rings is 1. The first-order chi connectivity index (χ1) is 12.8. The van der Waals surface area contributed by atoms with Gasteiger partial charge in [-0.2, -0.15) is 5.10 Å². The maximum absolute atomic E-state index is 12.4. The van der Waals surface area contributed by atoms with Crippen LogP contribution in [0.3, 0.4) is 0 Å². The summed E-state index contributed by atoms with van der Waals surface area (Å²) in [7, 11) is 0. The van der Waals surface area contributed by atoms with E-state index in [1.807, 2.05) is 63.2 Å². The highest BCUT2D eigenvalue weighted by atomic mass is 127. The van der Waals surface area contributed by atoms with Gasteiger partial charge in [0.15, 0.2) is 23.0 Å². The van der Waals surface area contributed by atoms with Gasteiger partial charge in [0.1, 0.15) is 6.04 Å². The molecule has 7 nitrogen and oxygen atoms in total. The molecule has 0 radical (unpaired) electrons. The van der Waals surface area contributed by atoms with Crippen molar-refractivity contribution < 1.29 is 12.7 Å². The standard InChI is InChI=1S/C19H21IN4O3/c1-19(2,3)16(23-18(26)27-20)17(25)24-22-12-13-7-9-14(10-8-13)15-6-4-5-11-21-15/h4-12,16H,1-3H3,(H,23,26)(H,24,25)/b22-12+/t16-/m1/s1. The number of nitrogens with one attached hydrogen (secondary N) is 2. The molecule has 2 rings (SSSR count). The first-order valence-electron chi connectivity index (χ1n) is 8.25. The maximum Gasteiger partial charge on any atom is 0.417 e. The third kappa shape index (κ3) is 6.31. The van der Waals surface area contributed by atoms with Gasteiger partial charge in [0.25, 0.3) is 5.91 Å². The molecule has 0 aliphatic heterocycles. The van der Waals surface area contributed by atoms with E-state index in [9.17, 15) is 9.59 Å². The molecule has 1 atom stereocenters. The van der Waals surface area contributed by atoms with Gasteiger partial charge in [0.05, 0.1) is 11.9 Å². The van der Waals surface area contributed by atoms with Crippen LogP contribution in [0.15, 0.2) is 53.8 Å². The third-order valence-electron chi connectivity index (χ3n) is 3.72. The van der Waals surface area contributed by atoms with Crippen molar-refractivity contribution in [1.29, 1.82) is 0 Å². The molecule has 0 saturated heterocycles. The Morgan fingerprint density at radius 1 is 1.19 bits per heavy atom. The summed E-state index contributed by atoms with van der Waals surface area (Å²) in [6.45, 7) is 5.51. The Hall–Kier alpha value is -2.49.